The Hall–Kier alpha value is -2.36. The number of benzene rings is 1. The van der Waals surface area contributed by atoms with E-state index in [2.05, 4.69) is 5.32 Å². The van der Waals surface area contributed by atoms with Crippen molar-refractivity contribution in [3.05, 3.63) is 52.9 Å². The molecule has 146 valence electrons. The zero-order chi connectivity index (χ0) is 20.2. The van der Waals surface area contributed by atoms with E-state index in [1.54, 1.807) is 19.1 Å². The first-order valence-corrected chi connectivity index (χ1v) is 9.66. The molecule has 0 aliphatic rings. The van der Waals surface area contributed by atoms with Crippen LogP contribution in [0.15, 0.2) is 45.9 Å². The lowest BCUT2D eigenvalue weighted by Gasteiger charge is -2.14. The lowest BCUT2D eigenvalue weighted by molar-refractivity contribution is -0.125. The van der Waals surface area contributed by atoms with Crippen LogP contribution in [0.3, 0.4) is 0 Å². The molecular formula is C17H19ClN2O6S. The summed E-state index contributed by atoms with van der Waals surface area (Å²) in [5.41, 5.74) is -0.147. The molecule has 0 saturated heterocycles. The molecule has 0 unspecified atom stereocenters. The lowest BCUT2D eigenvalue weighted by Crippen LogP contribution is -2.31. The molecule has 27 heavy (non-hydrogen) atoms. The van der Waals surface area contributed by atoms with E-state index >= 15 is 0 Å². The number of carbonyl (C=O) groups excluding carboxylic acids is 2. The predicted molar refractivity (Wildman–Crippen MR) is 97.9 cm³/mol. The number of sulfonamides is 1. The lowest BCUT2D eigenvalue weighted by atomic mass is 10.2. The number of amides is 1. The van der Waals surface area contributed by atoms with Gasteiger partial charge >= 0.3 is 5.97 Å². The first-order valence-electron chi connectivity index (χ1n) is 7.85. The van der Waals surface area contributed by atoms with E-state index in [0.717, 1.165) is 10.4 Å². The number of nitrogens with zero attached hydrogens (tertiary/aromatic N) is 1. The van der Waals surface area contributed by atoms with E-state index in [0.29, 0.717) is 5.76 Å². The van der Waals surface area contributed by atoms with Gasteiger partial charge in [0.2, 0.25) is 10.0 Å². The molecule has 0 radical (unpaired) electrons. The van der Waals surface area contributed by atoms with E-state index in [1.807, 2.05) is 0 Å². The van der Waals surface area contributed by atoms with Gasteiger partial charge in [0.1, 0.15) is 5.76 Å². The van der Waals surface area contributed by atoms with E-state index in [-0.39, 0.29) is 15.5 Å². The summed E-state index contributed by atoms with van der Waals surface area (Å²) in [4.78, 5) is 24.0. The minimum Gasteiger partial charge on any atom is -0.467 e. The van der Waals surface area contributed by atoms with Gasteiger partial charge in [-0.2, -0.15) is 0 Å². The third-order valence-electron chi connectivity index (χ3n) is 3.62. The topological polar surface area (TPSA) is 106 Å². The van der Waals surface area contributed by atoms with Crippen molar-refractivity contribution >= 4 is 33.5 Å². The molecule has 2 aromatic rings. The van der Waals surface area contributed by atoms with Gasteiger partial charge in [0.05, 0.1) is 27.8 Å². The highest BCUT2D eigenvalue weighted by Crippen LogP contribution is 2.23. The van der Waals surface area contributed by atoms with Crippen molar-refractivity contribution in [2.75, 3.05) is 20.7 Å². The molecule has 0 aliphatic carbocycles. The molecule has 1 amide bonds. The largest absolute Gasteiger partial charge is 0.467 e. The van der Waals surface area contributed by atoms with Gasteiger partial charge in [-0.15, -0.1) is 0 Å². The average Bonchev–Trinajstić information content (AvgIpc) is 3.14. The fourth-order valence-electron chi connectivity index (χ4n) is 2.13. The standard InChI is InChI=1S/C17H19ClN2O6S/c1-11(15-5-4-8-25-15)19-16(21)10-26-17(22)13-9-12(6-7-14(13)18)27(23,24)20(2)3/h4-9,11H,10H2,1-3H3,(H,19,21)/t11-/m1/s1. The maximum absolute atomic E-state index is 12.2. The van der Waals surface area contributed by atoms with Gasteiger partial charge in [-0.1, -0.05) is 11.6 Å². The van der Waals surface area contributed by atoms with E-state index in [1.165, 1.54) is 32.5 Å². The average molecular weight is 415 g/mol. The SMILES string of the molecule is C[C@@H](NC(=O)COC(=O)c1cc(S(=O)(=O)N(C)C)ccc1Cl)c1ccco1. The molecule has 1 atom stereocenters. The Morgan fingerprint density at radius 1 is 1.30 bits per heavy atom. The molecule has 0 aliphatic heterocycles. The Bertz CT molecular complexity index is 925. The molecule has 1 N–H and O–H groups in total. The van der Waals surface area contributed by atoms with Crippen molar-refractivity contribution < 1.29 is 27.2 Å². The van der Waals surface area contributed by atoms with Crippen molar-refractivity contribution in [1.29, 1.82) is 0 Å². The molecule has 10 heteroatoms. The molecule has 0 fully saturated rings. The third-order valence-corrected chi connectivity index (χ3v) is 5.76. The van der Waals surface area contributed by atoms with Crippen molar-refractivity contribution in [3.63, 3.8) is 0 Å². The summed E-state index contributed by atoms with van der Waals surface area (Å²) in [6, 6.07) is 6.68. The number of rotatable bonds is 7. The van der Waals surface area contributed by atoms with Crippen LogP contribution < -0.4 is 5.32 Å². The van der Waals surface area contributed by atoms with Crippen LogP contribution >= 0.6 is 11.6 Å². The molecule has 2 rings (SSSR count). The number of nitrogens with one attached hydrogen (secondary N) is 1. The van der Waals surface area contributed by atoms with Crippen molar-refractivity contribution in [2.24, 2.45) is 0 Å². The minimum atomic E-state index is -3.74. The van der Waals surface area contributed by atoms with Crippen LogP contribution in [0.25, 0.3) is 0 Å². The molecule has 0 bridgehead atoms. The quantitative estimate of drug-likeness (QED) is 0.696. The number of ether oxygens (including phenoxy) is 1. The Morgan fingerprint density at radius 3 is 2.59 bits per heavy atom. The number of hydrogen-bond donors (Lipinski definition) is 1. The zero-order valence-electron chi connectivity index (χ0n) is 14.9. The highest BCUT2D eigenvalue weighted by atomic mass is 35.5. The summed E-state index contributed by atoms with van der Waals surface area (Å²) >= 11 is 5.97. The normalized spacial score (nSPS) is 12.6. The predicted octanol–water partition coefficient (Wildman–Crippen LogP) is 2.22. The molecular weight excluding hydrogens is 396 g/mol. The second-order valence-corrected chi connectivity index (χ2v) is 8.37. The molecule has 1 aromatic heterocycles. The van der Waals surface area contributed by atoms with Crippen LogP contribution in [0.4, 0.5) is 0 Å². The van der Waals surface area contributed by atoms with E-state index < -0.39 is 34.5 Å². The van der Waals surface area contributed by atoms with Gasteiger partial charge in [-0.3, -0.25) is 4.79 Å². The summed E-state index contributed by atoms with van der Waals surface area (Å²) in [5.74, 6) is -0.892. The van der Waals surface area contributed by atoms with E-state index in [4.69, 9.17) is 20.8 Å². The smallest absolute Gasteiger partial charge is 0.340 e. The van der Waals surface area contributed by atoms with Gasteiger partial charge in [0.15, 0.2) is 6.61 Å². The third kappa shape index (κ3) is 5.09. The van der Waals surface area contributed by atoms with Gasteiger partial charge in [-0.25, -0.2) is 17.5 Å². The molecule has 0 spiro atoms. The van der Waals surface area contributed by atoms with E-state index in [9.17, 15) is 18.0 Å². The van der Waals surface area contributed by atoms with Crippen LogP contribution in [0, 0.1) is 0 Å². The van der Waals surface area contributed by atoms with Crippen LogP contribution in [0.2, 0.25) is 5.02 Å². The summed E-state index contributed by atoms with van der Waals surface area (Å²) in [7, 11) is -1.01. The first-order chi connectivity index (χ1) is 12.6. The maximum atomic E-state index is 12.2. The zero-order valence-corrected chi connectivity index (χ0v) is 16.5. The summed E-state index contributed by atoms with van der Waals surface area (Å²) in [6.07, 6.45) is 1.48. The second-order valence-electron chi connectivity index (χ2n) is 5.81. The highest BCUT2D eigenvalue weighted by molar-refractivity contribution is 7.89. The molecule has 1 heterocycles. The maximum Gasteiger partial charge on any atom is 0.340 e. The molecule has 1 aromatic carbocycles. The fraction of sp³-hybridized carbons (Fsp3) is 0.294. The highest BCUT2D eigenvalue weighted by Gasteiger charge is 2.22. The van der Waals surface area contributed by atoms with Crippen LogP contribution in [-0.2, 0) is 19.6 Å². The first kappa shape index (κ1) is 20.9. The number of carbonyl (C=O) groups is 2. The number of halogens is 1. The summed E-state index contributed by atoms with van der Waals surface area (Å²) in [5, 5.41) is 2.62. The van der Waals surface area contributed by atoms with Crippen LogP contribution in [0.5, 0.6) is 0 Å². The van der Waals surface area contributed by atoms with Crippen molar-refractivity contribution in [1.82, 2.24) is 9.62 Å². The van der Waals surface area contributed by atoms with Gasteiger partial charge in [-0.05, 0) is 37.3 Å². The van der Waals surface area contributed by atoms with Gasteiger partial charge in [0.25, 0.3) is 5.91 Å². The van der Waals surface area contributed by atoms with Crippen molar-refractivity contribution in [3.8, 4) is 0 Å². The van der Waals surface area contributed by atoms with Gasteiger partial charge < -0.3 is 14.5 Å². The van der Waals surface area contributed by atoms with Crippen LogP contribution in [-0.4, -0.2) is 45.3 Å². The van der Waals surface area contributed by atoms with Crippen molar-refractivity contribution in [2.45, 2.75) is 17.9 Å². The molecule has 8 nitrogen and oxygen atoms in total. The fourth-order valence-corrected chi connectivity index (χ4v) is 3.26. The Labute approximate surface area is 162 Å². The monoisotopic (exact) mass is 414 g/mol. The number of esters is 1. The summed E-state index contributed by atoms with van der Waals surface area (Å²) in [6.45, 7) is 1.16. The second kappa shape index (κ2) is 8.55. The Balaban J connectivity index is 2.04. The Kier molecular flexibility index (Phi) is 6.63. The number of furan rings is 1. The Morgan fingerprint density at radius 2 is 2.00 bits per heavy atom. The number of hydrogen-bond acceptors (Lipinski definition) is 6. The molecule has 0 saturated carbocycles. The van der Waals surface area contributed by atoms with Gasteiger partial charge in [0, 0.05) is 14.1 Å². The van der Waals surface area contributed by atoms with Crippen LogP contribution in [0.1, 0.15) is 29.1 Å². The summed E-state index contributed by atoms with van der Waals surface area (Å²) < 4.78 is 35.5. The minimum absolute atomic E-state index is 0.0158.